The summed E-state index contributed by atoms with van der Waals surface area (Å²) in [4.78, 5) is 34.0. The van der Waals surface area contributed by atoms with Crippen molar-refractivity contribution in [3.05, 3.63) is 81.7 Å². The molecule has 3 aromatic rings. The molecule has 7 heteroatoms. The molecule has 3 heterocycles. The predicted octanol–water partition coefficient (Wildman–Crippen LogP) is 4.02. The van der Waals surface area contributed by atoms with Crippen molar-refractivity contribution in [2.24, 2.45) is 0 Å². The minimum atomic E-state index is -0.559. The SMILES string of the molecule is COCCN1C(=O)c2ccccc2C(C(=O)Nc2cccc(C)n2)C1c1cccs1. The lowest BCUT2D eigenvalue weighted by atomic mass is 9.81. The molecule has 0 radical (unpaired) electrons. The van der Waals surface area contributed by atoms with Crippen LogP contribution in [0.15, 0.2) is 60.0 Å². The summed E-state index contributed by atoms with van der Waals surface area (Å²) in [6.45, 7) is 2.67. The van der Waals surface area contributed by atoms with Crippen LogP contribution in [0.25, 0.3) is 0 Å². The molecule has 2 atom stereocenters. The Bertz CT molecular complexity index is 1050. The van der Waals surface area contributed by atoms with Crippen LogP contribution in [-0.2, 0) is 9.53 Å². The molecule has 30 heavy (non-hydrogen) atoms. The van der Waals surface area contributed by atoms with Gasteiger partial charge in [-0.1, -0.05) is 30.3 Å². The number of hydrogen-bond donors (Lipinski definition) is 1. The molecule has 4 rings (SSSR count). The number of fused-ring (bicyclic) bond motifs is 1. The average molecular weight is 422 g/mol. The minimum Gasteiger partial charge on any atom is -0.383 e. The fourth-order valence-electron chi connectivity index (χ4n) is 3.90. The molecule has 6 nitrogen and oxygen atoms in total. The maximum Gasteiger partial charge on any atom is 0.254 e. The molecule has 1 aliphatic heterocycles. The van der Waals surface area contributed by atoms with Gasteiger partial charge in [-0.2, -0.15) is 0 Å². The molecular formula is C23H23N3O3S. The van der Waals surface area contributed by atoms with E-state index in [2.05, 4.69) is 10.3 Å². The fraction of sp³-hybridized carbons (Fsp3) is 0.261. The highest BCUT2D eigenvalue weighted by molar-refractivity contribution is 7.10. The van der Waals surface area contributed by atoms with Gasteiger partial charge in [0.2, 0.25) is 5.91 Å². The number of nitrogens with one attached hydrogen (secondary N) is 1. The van der Waals surface area contributed by atoms with E-state index in [0.29, 0.717) is 24.5 Å². The van der Waals surface area contributed by atoms with Crippen molar-refractivity contribution >= 4 is 29.0 Å². The second-order valence-electron chi connectivity index (χ2n) is 7.17. The topological polar surface area (TPSA) is 71.5 Å². The van der Waals surface area contributed by atoms with Crippen molar-refractivity contribution in [3.63, 3.8) is 0 Å². The normalized spacial score (nSPS) is 18.2. The monoisotopic (exact) mass is 421 g/mol. The number of hydrogen-bond acceptors (Lipinski definition) is 5. The molecule has 154 valence electrons. The number of anilines is 1. The number of amides is 2. The third kappa shape index (κ3) is 3.86. The Hall–Kier alpha value is -3.03. The second kappa shape index (κ2) is 8.77. The number of methoxy groups -OCH3 is 1. The molecule has 1 N–H and O–H groups in total. The summed E-state index contributed by atoms with van der Waals surface area (Å²) in [5.41, 5.74) is 2.11. The highest BCUT2D eigenvalue weighted by Crippen LogP contribution is 2.44. The zero-order chi connectivity index (χ0) is 21.1. The number of aromatic nitrogens is 1. The lowest BCUT2D eigenvalue weighted by Gasteiger charge is -2.41. The number of pyridine rings is 1. The third-order valence-corrected chi connectivity index (χ3v) is 6.17. The van der Waals surface area contributed by atoms with Crippen LogP contribution < -0.4 is 5.32 Å². The number of thiophene rings is 1. The second-order valence-corrected chi connectivity index (χ2v) is 8.15. The van der Waals surface area contributed by atoms with E-state index in [0.717, 1.165) is 16.1 Å². The molecule has 0 fully saturated rings. The van der Waals surface area contributed by atoms with Gasteiger partial charge in [0.1, 0.15) is 5.82 Å². The van der Waals surface area contributed by atoms with E-state index in [1.165, 1.54) is 0 Å². The maximum atomic E-state index is 13.6. The summed E-state index contributed by atoms with van der Waals surface area (Å²) in [6.07, 6.45) is 0. The first-order valence-corrected chi connectivity index (χ1v) is 10.6. The quantitative estimate of drug-likeness (QED) is 0.653. The maximum absolute atomic E-state index is 13.6. The van der Waals surface area contributed by atoms with Gasteiger partial charge in [0.25, 0.3) is 5.91 Å². The first-order chi connectivity index (χ1) is 14.6. The van der Waals surface area contributed by atoms with Crippen LogP contribution in [0.1, 0.15) is 38.5 Å². The summed E-state index contributed by atoms with van der Waals surface area (Å²) in [7, 11) is 1.61. The molecule has 0 bridgehead atoms. The summed E-state index contributed by atoms with van der Waals surface area (Å²) < 4.78 is 5.25. The van der Waals surface area contributed by atoms with E-state index < -0.39 is 12.0 Å². The van der Waals surface area contributed by atoms with Crippen LogP contribution in [0.4, 0.5) is 5.82 Å². The van der Waals surface area contributed by atoms with Crippen LogP contribution >= 0.6 is 11.3 Å². The van der Waals surface area contributed by atoms with Crippen LogP contribution in [0.2, 0.25) is 0 Å². The van der Waals surface area contributed by atoms with Gasteiger partial charge in [0.15, 0.2) is 0 Å². The summed E-state index contributed by atoms with van der Waals surface area (Å²) in [6, 6.07) is 16.4. The van der Waals surface area contributed by atoms with Gasteiger partial charge in [-0.15, -0.1) is 11.3 Å². The van der Waals surface area contributed by atoms with Crippen molar-refractivity contribution in [2.75, 3.05) is 25.6 Å². The van der Waals surface area contributed by atoms with Crippen LogP contribution in [0.3, 0.4) is 0 Å². The Labute approximate surface area is 179 Å². The molecule has 2 unspecified atom stereocenters. The lowest BCUT2D eigenvalue weighted by molar-refractivity contribution is -0.119. The Kier molecular flexibility index (Phi) is 5.92. The number of nitrogens with zero attached hydrogens (tertiary/aromatic N) is 2. The van der Waals surface area contributed by atoms with E-state index >= 15 is 0 Å². The number of carbonyl (C=O) groups is 2. The Morgan fingerprint density at radius 3 is 2.73 bits per heavy atom. The molecule has 2 aromatic heterocycles. The van der Waals surface area contributed by atoms with Gasteiger partial charge in [-0.25, -0.2) is 4.98 Å². The van der Waals surface area contributed by atoms with Crippen LogP contribution in [0.5, 0.6) is 0 Å². The number of aryl methyl sites for hydroxylation is 1. The standard InChI is InChI=1S/C23H23N3O3S/c1-15-7-5-11-19(24-15)25-22(27)20-16-8-3-4-9-17(16)23(28)26(12-13-29-2)21(20)18-10-6-14-30-18/h3-11,14,20-21H,12-13H2,1-2H3,(H,24,25,27). The largest absolute Gasteiger partial charge is 0.383 e. The Balaban J connectivity index is 1.80. The fourth-order valence-corrected chi connectivity index (χ4v) is 4.78. The first kappa shape index (κ1) is 20.3. The zero-order valence-corrected chi connectivity index (χ0v) is 17.7. The zero-order valence-electron chi connectivity index (χ0n) is 16.9. The van der Waals surface area contributed by atoms with Crippen molar-refractivity contribution in [3.8, 4) is 0 Å². The van der Waals surface area contributed by atoms with E-state index in [1.807, 2.05) is 54.8 Å². The van der Waals surface area contributed by atoms with Crippen molar-refractivity contribution in [1.82, 2.24) is 9.88 Å². The number of benzene rings is 1. The van der Waals surface area contributed by atoms with Gasteiger partial charge in [-0.05, 0) is 42.1 Å². The summed E-state index contributed by atoms with van der Waals surface area (Å²) >= 11 is 1.54. The van der Waals surface area contributed by atoms with Crippen molar-refractivity contribution in [2.45, 2.75) is 18.9 Å². The van der Waals surface area contributed by atoms with Crippen molar-refractivity contribution in [1.29, 1.82) is 0 Å². The number of carbonyl (C=O) groups excluding carboxylic acids is 2. The number of ether oxygens (including phenoxy) is 1. The molecule has 2 amide bonds. The lowest BCUT2D eigenvalue weighted by Crippen LogP contribution is -2.47. The first-order valence-electron chi connectivity index (χ1n) is 9.77. The molecule has 0 aliphatic carbocycles. The van der Waals surface area contributed by atoms with E-state index in [-0.39, 0.29) is 11.8 Å². The third-order valence-electron chi connectivity index (χ3n) is 5.23. The highest BCUT2D eigenvalue weighted by Gasteiger charge is 2.44. The highest BCUT2D eigenvalue weighted by atomic mass is 32.1. The molecule has 1 aromatic carbocycles. The van der Waals surface area contributed by atoms with Gasteiger partial charge in [-0.3, -0.25) is 9.59 Å². The van der Waals surface area contributed by atoms with Gasteiger partial charge >= 0.3 is 0 Å². The Morgan fingerprint density at radius 1 is 1.17 bits per heavy atom. The predicted molar refractivity (Wildman–Crippen MR) is 117 cm³/mol. The van der Waals surface area contributed by atoms with E-state index in [4.69, 9.17) is 4.74 Å². The van der Waals surface area contributed by atoms with E-state index in [1.54, 1.807) is 35.5 Å². The molecule has 0 saturated heterocycles. The Morgan fingerprint density at radius 2 is 2.00 bits per heavy atom. The smallest absolute Gasteiger partial charge is 0.254 e. The van der Waals surface area contributed by atoms with Gasteiger partial charge < -0.3 is 15.0 Å². The van der Waals surface area contributed by atoms with Gasteiger partial charge in [0, 0.05) is 29.8 Å². The molecule has 0 spiro atoms. The van der Waals surface area contributed by atoms with Gasteiger partial charge in [0.05, 0.1) is 18.6 Å². The van der Waals surface area contributed by atoms with Crippen LogP contribution in [-0.4, -0.2) is 42.0 Å². The number of rotatable bonds is 6. The molecule has 1 aliphatic rings. The minimum absolute atomic E-state index is 0.0845. The summed E-state index contributed by atoms with van der Waals surface area (Å²) in [5.74, 6) is -0.327. The van der Waals surface area contributed by atoms with Crippen LogP contribution in [0, 0.1) is 6.92 Å². The van der Waals surface area contributed by atoms with E-state index in [9.17, 15) is 9.59 Å². The molecular weight excluding hydrogens is 398 g/mol. The molecule has 0 saturated carbocycles. The van der Waals surface area contributed by atoms with Crippen molar-refractivity contribution < 1.29 is 14.3 Å². The average Bonchev–Trinajstić information content (AvgIpc) is 3.27. The summed E-state index contributed by atoms with van der Waals surface area (Å²) in [5, 5.41) is 4.93.